The van der Waals surface area contributed by atoms with E-state index in [9.17, 15) is 14.7 Å². The second-order valence-corrected chi connectivity index (χ2v) is 7.14. The maximum absolute atomic E-state index is 12.6. The molecule has 2 atom stereocenters. The zero-order valence-corrected chi connectivity index (χ0v) is 16.0. The lowest BCUT2D eigenvalue weighted by Gasteiger charge is -2.34. The summed E-state index contributed by atoms with van der Waals surface area (Å²) < 4.78 is 5.75. The number of anilines is 1. The molecule has 1 fully saturated rings. The Morgan fingerprint density at radius 1 is 1.18 bits per heavy atom. The number of likely N-dealkylation sites (tertiary alicyclic amines) is 1. The molecule has 1 aliphatic heterocycles. The highest BCUT2D eigenvalue weighted by molar-refractivity contribution is 5.94. The van der Waals surface area contributed by atoms with E-state index in [1.54, 1.807) is 12.1 Å². The maximum atomic E-state index is 12.6. The van der Waals surface area contributed by atoms with Crippen molar-refractivity contribution in [2.75, 3.05) is 18.4 Å². The molecule has 2 aromatic rings. The van der Waals surface area contributed by atoms with Crippen molar-refractivity contribution < 1.29 is 19.4 Å². The average Bonchev–Trinajstić information content (AvgIpc) is 2.73. The van der Waals surface area contributed by atoms with Crippen LogP contribution in [0.5, 0.6) is 5.75 Å². The van der Waals surface area contributed by atoms with Gasteiger partial charge in [-0.05, 0) is 56.1 Å². The number of carboxylic acids is 1. The van der Waals surface area contributed by atoms with Gasteiger partial charge in [0.05, 0.1) is 12.0 Å². The number of aliphatic carboxylic acids is 1. The van der Waals surface area contributed by atoms with Crippen LogP contribution in [-0.2, 0) is 16.2 Å². The van der Waals surface area contributed by atoms with E-state index in [0.717, 1.165) is 24.3 Å². The van der Waals surface area contributed by atoms with Crippen LogP contribution in [0.2, 0.25) is 0 Å². The third-order valence-corrected chi connectivity index (χ3v) is 5.10. The zero-order chi connectivity index (χ0) is 19.9. The number of benzene rings is 2. The topological polar surface area (TPSA) is 78.9 Å². The Kier molecular flexibility index (Phi) is 6.66. The smallest absolute Gasteiger partial charge is 0.307 e. The van der Waals surface area contributed by atoms with E-state index in [1.807, 2.05) is 54.3 Å². The summed E-state index contributed by atoms with van der Waals surface area (Å²) in [7, 11) is 0. The molecule has 2 unspecified atom stereocenters. The van der Waals surface area contributed by atoms with Crippen molar-refractivity contribution in [3.05, 3.63) is 60.2 Å². The Morgan fingerprint density at radius 3 is 2.57 bits per heavy atom. The van der Waals surface area contributed by atoms with Crippen molar-refractivity contribution in [3.8, 4) is 5.75 Å². The molecular formula is C22H26N2O4. The summed E-state index contributed by atoms with van der Waals surface area (Å²) in [4.78, 5) is 25.7. The Labute approximate surface area is 165 Å². The first-order valence-corrected chi connectivity index (χ1v) is 9.57. The normalized spacial score (nSPS) is 18.2. The molecule has 0 aliphatic carbocycles. The Balaban J connectivity index is 1.51. The Morgan fingerprint density at radius 2 is 1.89 bits per heavy atom. The van der Waals surface area contributed by atoms with Crippen LogP contribution in [0, 0.1) is 5.92 Å². The molecule has 0 aromatic heterocycles. The average molecular weight is 382 g/mol. The van der Waals surface area contributed by atoms with Gasteiger partial charge in [-0.15, -0.1) is 0 Å². The van der Waals surface area contributed by atoms with Crippen molar-refractivity contribution in [1.29, 1.82) is 0 Å². The Bertz CT molecular complexity index is 792. The number of piperidine rings is 1. The molecule has 2 N–H and O–H groups in total. The van der Waals surface area contributed by atoms with Crippen LogP contribution in [0.1, 0.15) is 25.3 Å². The molecule has 6 heteroatoms. The van der Waals surface area contributed by atoms with Gasteiger partial charge in [0.2, 0.25) is 5.91 Å². The molecule has 28 heavy (non-hydrogen) atoms. The zero-order valence-electron chi connectivity index (χ0n) is 16.0. The Hall–Kier alpha value is -2.86. The SMILES string of the molecule is CC(C(=O)Nc1ccc(OCc2ccccc2)cc1)N1CCCC(C(=O)O)C1. The summed E-state index contributed by atoms with van der Waals surface area (Å²) in [6.07, 6.45) is 1.46. The molecule has 0 saturated carbocycles. The molecule has 1 amide bonds. The highest BCUT2D eigenvalue weighted by Gasteiger charge is 2.30. The van der Waals surface area contributed by atoms with Gasteiger partial charge in [-0.3, -0.25) is 14.5 Å². The van der Waals surface area contributed by atoms with Crippen molar-refractivity contribution in [3.63, 3.8) is 0 Å². The number of hydrogen-bond donors (Lipinski definition) is 2. The van der Waals surface area contributed by atoms with E-state index < -0.39 is 11.9 Å². The molecule has 3 rings (SSSR count). The number of carbonyl (C=O) groups excluding carboxylic acids is 1. The van der Waals surface area contributed by atoms with Crippen LogP contribution >= 0.6 is 0 Å². The molecule has 6 nitrogen and oxygen atoms in total. The van der Waals surface area contributed by atoms with E-state index in [-0.39, 0.29) is 11.9 Å². The highest BCUT2D eigenvalue weighted by Crippen LogP contribution is 2.21. The standard InChI is InChI=1S/C22H26N2O4/c1-16(24-13-5-8-18(14-24)22(26)27)21(25)23-19-9-11-20(12-10-19)28-15-17-6-3-2-4-7-17/h2-4,6-7,9-12,16,18H,5,8,13-15H2,1H3,(H,23,25)(H,26,27). The van der Waals surface area contributed by atoms with Gasteiger partial charge in [-0.25, -0.2) is 0 Å². The van der Waals surface area contributed by atoms with Gasteiger partial charge in [-0.2, -0.15) is 0 Å². The van der Waals surface area contributed by atoms with Crippen molar-refractivity contribution in [2.45, 2.75) is 32.4 Å². The molecule has 0 bridgehead atoms. The number of carbonyl (C=O) groups is 2. The molecule has 0 spiro atoms. The summed E-state index contributed by atoms with van der Waals surface area (Å²) >= 11 is 0. The third kappa shape index (κ3) is 5.33. The van der Waals surface area contributed by atoms with Crippen LogP contribution in [0.4, 0.5) is 5.69 Å². The van der Waals surface area contributed by atoms with Crippen molar-refractivity contribution in [1.82, 2.24) is 4.90 Å². The first-order chi connectivity index (χ1) is 13.5. The second-order valence-electron chi connectivity index (χ2n) is 7.14. The van der Waals surface area contributed by atoms with E-state index >= 15 is 0 Å². The predicted molar refractivity (Wildman–Crippen MR) is 107 cm³/mol. The van der Waals surface area contributed by atoms with Gasteiger partial charge in [0.1, 0.15) is 12.4 Å². The molecule has 148 valence electrons. The largest absolute Gasteiger partial charge is 0.489 e. The molecule has 1 saturated heterocycles. The molecular weight excluding hydrogens is 356 g/mol. The van der Waals surface area contributed by atoms with E-state index in [1.165, 1.54) is 0 Å². The van der Waals surface area contributed by atoms with E-state index in [2.05, 4.69) is 5.32 Å². The minimum Gasteiger partial charge on any atom is -0.489 e. The van der Waals surface area contributed by atoms with Crippen LogP contribution in [0.15, 0.2) is 54.6 Å². The number of carboxylic acid groups (broad SMARTS) is 1. The minimum atomic E-state index is -0.789. The fourth-order valence-corrected chi connectivity index (χ4v) is 3.35. The number of hydrogen-bond acceptors (Lipinski definition) is 4. The lowest BCUT2D eigenvalue weighted by atomic mass is 9.97. The van der Waals surface area contributed by atoms with E-state index in [0.29, 0.717) is 25.3 Å². The van der Waals surface area contributed by atoms with Gasteiger partial charge >= 0.3 is 5.97 Å². The van der Waals surface area contributed by atoms with E-state index in [4.69, 9.17) is 4.74 Å². The van der Waals surface area contributed by atoms with Gasteiger partial charge in [0, 0.05) is 12.2 Å². The van der Waals surface area contributed by atoms with Gasteiger partial charge in [-0.1, -0.05) is 30.3 Å². The monoisotopic (exact) mass is 382 g/mol. The summed E-state index contributed by atoms with van der Waals surface area (Å²) in [5.74, 6) is -0.590. The highest BCUT2D eigenvalue weighted by atomic mass is 16.5. The van der Waals surface area contributed by atoms with Crippen molar-refractivity contribution in [2.24, 2.45) is 5.92 Å². The van der Waals surface area contributed by atoms with Gasteiger partial charge in [0.15, 0.2) is 0 Å². The third-order valence-electron chi connectivity index (χ3n) is 5.10. The van der Waals surface area contributed by atoms with Gasteiger partial charge in [0.25, 0.3) is 0 Å². The van der Waals surface area contributed by atoms with Crippen LogP contribution in [0.25, 0.3) is 0 Å². The number of rotatable bonds is 7. The second kappa shape index (κ2) is 9.37. The number of ether oxygens (including phenoxy) is 1. The minimum absolute atomic E-state index is 0.135. The molecule has 0 radical (unpaired) electrons. The molecule has 1 aliphatic rings. The maximum Gasteiger partial charge on any atom is 0.307 e. The summed E-state index contributed by atoms with van der Waals surface area (Å²) in [6.45, 7) is 3.46. The fourth-order valence-electron chi connectivity index (χ4n) is 3.35. The van der Waals surface area contributed by atoms with Gasteiger partial charge < -0.3 is 15.2 Å². The van der Waals surface area contributed by atoms with Crippen molar-refractivity contribution >= 4 is 17.6 Å². The molecule has 2 aromatic carbocycles. The van der Waals surface area contributed by atoms with Crippen LogP contribution in [0.3, 0.4) is 0 Å². The molecule has 1 heterocycles. The fraction of sp³-hybridized carbons (Fsp3) is 0.364. The number of nitrogens with zero attached hydrogens (tertiary/aromatic N) is 1. The quantitative estimate of drug-likeness (QED) is 0.767. The predicted octanol–water partition coefficient (Wildman–Crippen LogP) is 3.39. The first-order valence-electron chi connectivity index (χ1n) is 9.57. The lowest BCUT2D eigenvalue weighted by Crippen LogP contribution is -2.48. The lowest BCUT2D eigenvalue weighted by molar-refractivity contribution is -0.144. The number of nitrogens with one attached hydrogen (secondary N) is 1. The van der Waals surface area contributed by atoms with Crippen LogP contribution in [-0.4, -0.2) is 41.0 Å². The van der Waals surface area contributed by atoms with Crippen LogP contribution < -0.4 is 10.1 Å². The summed E-state index contributed by atoms with van der Waals surface area (Å²) in [5, 5.41) is 12.1. The summed E-state index contributed by atoms with van der Waals surface area (Å²) in [6, 6.07) is 16.8. The summed E-state index contributed by atoms with van der Waals surface area (Å²) in [5.41, 5.74) is 1.78. The first kappa shape index (κ1) is 19.9. The number of amides is 1.